The maximum absolute atomic E-state index is 6.17. The maximum atomic E-state index is 6.17. The average Bonchev–Trinajstić information content (AvgIpc) is 2.72. The molecule has 0 bridgehead atoms. The monoisotopic (exact) mass is 378 g/mol. The topological polar surface area (TPSA) is 54.6 Å². The summed E-state index contributed by atoms with van der Waals surface area (Å²) in [5.41, 5.74) is 10.4. The van der Waals surface area contributed by atoms with E-state index in [0.29, 0.717) is 11.6 Å². The van der Waals surface area contributed by atoms with Crippen LogP contribution in [-0.4, -0.2) is 36.1 Å². The molecule has 5 nitrogen and oxygen atoms in total. The lowest BCUT2D eigenvalue weighted by molar-refractivity contribution is 0.222. The third-order valence-electron chi connectivity index (χ3n) is 5.92. The van der Waals surface area contributed by atoms with Gasteiger partial charge in [0.15, 0.2) is 0 Å². The third kappa shape index (κ3) is 4.24. The van der Waals surface area contributed by atoms with Gasteiger partial charge < -0.3 is 20.3 Å². The molecule has 28 heavy (non-hydrogen) atoms. The molecular formula is C23H30N4O. The Balaban J connectivity index is 1.29. The second-order valence-electron chi connectivity index (χ2n) is 8.03. The van der Waals surface area contributed by atoms with E-state index >= 15 is 0 Å². The van der Waals surface area contributed by atoms with Crippen LogP contribution < -0.4 is 15.4 Å². The van der Waals surface area contributed by atoms with Gasteiger partial charge in [0.05, 0.1) is 18.5 Å². The SMILES string of the molecule is C=C(C)N1CCc2ccc(OCC3CCN(c4ccc(N)cn4)CC3)cc2C1. The summed E-state index contributed by atoms with van der Waals surface area (Å²) in [6.45, 7) is 11.0. The number of fused-ring (bicyclic) bond motifs is 1. The van der Waals surface area contributed by atoms with Crippen LogP contribution in [0.2, 0.25) is 0 Å². The molecule has 0 saturated carbocycles. The van der Waals surface area contributed by atoms with Crippen molar-refractivity contribution in [1.82, 2.24) is 9.88 Å². The van der Waals surface area contributed by atoms with Crippen molar-refractivity contribution in [3.63, 3.8) is 0 Å². The predicted octanol–water partition coefficient (Wildman–Crippen LogP) is 3.85. The summed E-state index contributed by atoms with van der Waals surface area (Å²) in [5, 5.41) is 0. The van der Waals surface area contributed by atoms with Crippen LogP contribution in [0.15, 0.2) is 48.8 Å². The van der Waals surface area contributed by atoms with Crippen molar-refractivity contribution in [2.75, 3.05) is 36.9 Å². The molecule has 5 heteroatoms. The Bertz CT molecular complexity index is 825. The first-order chi connectivity index (χ1) is 13.6. The van der Waals surface area contributed by atoms with Crippen molar-refractivity contribution in [2.24, 2.45) is 5.92 Å². The van der Waals surface area contributed by atoms with Gasteiger partial charge in [0.2, 0.25) is 0 Å². The molecule has 0 amide bonds. The molecular weight excluding hydrogens is 348 g/mol. The molecule has 3 heterocycles. The zero-order valence-corrected chi connectivity index (χ0v) is 16.7. The Hall–Kier alpha value is -2.69. The predicted molar refractivity (Wildman–Crippen MR) is 114 cm³/mol. The van der Waals surface area contributed by atoms with Crippen LogP contribution in [0.3, 0.4) is 0 Å². The number of piperidine rings is 1. The van der Waals surface area contributed by atoms with Crippen LogP contribution in [0, 0.1) is 5.92 Å². The van der Waals surface area contributed by atoms with Gasteiger partial charge in [0.25, 0.3) is 0 Å². The van der Waals surface area contributed by atoms with Gasteiger partial charge in [-0.25, -0.2) is 4.98 Å². The molecule has 0 atom stereocenters. The van der Waals surface area contributed by atoms with Crippen molar-refractivity contribution >= 4 is 11.5 Å². The first-order valence-corrected chi connectivity index (χ1v) is 10.2. The molecule has 2 aromatic rings. The quantitative estimate of drug-likeness (QED) is 0.856. The van der Waals surface area contributed by atoms with Gasteiger partial charge in [0.1, 0.15) is 11.6 Å². The Labute approximate surface area is 167 Å². The largest absolute Gasteiger partial charge is 0.493 e. The summed E-state index contributed by atoms with van der Waals surface area (Å²) >= 11 is 0. The summed E-state index contributed by atoms with van der Waals surface area (Å²) in [7, 11) is 0. The van der Waals surface area contributed by atoms with Gasteiger partial charge in [-0.1, -0.05) is 12.6 Å². The van der Waals surface area contributed by atoms with Gasteiger partial charge in [-0.3, -0.25) is 0 Å². The molecule has 1 aromatic heterocycles. The fourth-order valence-corrected chi connectivity index (χ4v) is 4.08. The van der Waals surface area contributed by atoms with Crippen molar-refractivity contribution in [3.05, 3.63) is 59.9 Å². The lowest BCUT2D eigenvalue weighted by Gasteiger charge is -2.33. The highest BCUT2D eigenvalue weighted by molar-refractivity contribution is 5.46. The first-order valence-electron chi connectivity index (χ1n) is 10.2. The standard InChI is InChI=1S/C23H30N4O/c1-17(2)27-12-9-19-3-5-22(13-20(19)15-27)28-16-18-7-10-26(11-8-18)23-6-4-21(24)14-25-23/h3-6,13-14,18H,1,7-12,15-16,24H2,2H3. The number of anilines is 2. The molecule has 2 aliphatic heterocycles. The van der Waals surface area contributed by atoms with Gasteiger partial charge in [-0.15, -0.1) is 0 Å². The number of nitrogens with zero attached hydrogens (tertiary/aromatic N) is 3. The van der Waals surface area contributed by atoms with E-state index in [1.165, 1.54) is 11.1 Å². The number of ether oxygens (including phenoxy) is 1. The maximum Gasteiger partial charge on any atom is 0.128 e. The minimum absolute atomic E-state index is 0.591. The molecule has 1 fully saturated rings. The zero-order chi connectivity index (χ0) is 19.5. The average molecular weight is 379 g/mol. The summed E-state index contributed by atoms with van der Waals surface area (Å²) in [5.74, 6) is 2.60. The minimum atomic E-state index is 0.591. The smallest absolute Gasteiger partial charge is 0.128 e. The van der Waals surface area contributed by atoms with Gasteiger partial charge in [-0.05, 0) is 67.5 Å². The summed E-state index contributed by atoms with van der Waals surface area (Å²) < 4.78 is 6.17. The van der Waals surface area contributed by atoms with Crippen molar-refractivity contribution in [2.45, 2.75) is 32.7 Å². The van der Waals surface area contributed by atoms with Crippen molar-refractivity contribution in [3.8, 4) is 5.75 Å². The fraction of sp³-hybridized carbons (Fsp3) is 0.435. The highest BCUT2D eigenvalue weighted by Crippen LogP contribution is 2.27. The molecule has 0 unspecified atom stereocenters. The lowest BCUT2D eigenvalue weighted by atomic mass is 9.97. The third-order valence-corrected chi connectivity index (χ3v) is 5.92. The first kappa shape index (κ1) is 18.7. The van der Waals surface area contributed by atoms with E-state index in [0.717, 1.165) is 69.3 Å². The summed E-state index contributed by atoms with van der Waals surface area (Å²) in [6, 6.07) is 10.5. The summed E-state index contributed by atoms with van der Waals surface area (Å²) in [6.07, 6.45) is 5.07. The lowest BCUT2D eigenvalue weighted by Crippen LogP contribution is -2.36. The van der Waals surface area contributed by atoms with E-state index < -0.39 is 0 Å². The van der Waals surface area contributed by atoms with E-state index in [1.54, 1.807) is 6.20 Å². The molecule has 2 N–H and O–H groups in total. The molecule has 0 spiro atoms. The summed E-state index contributed by atoms with van der Waals surface area (Å²) in [4.78, 5) is 9.11. The number of hydrogen-bond donors (Lipinski definition) is 1. The van der Waals surface area contributed by atoms with E-state index in [2.05, 4.69) is 46.5 Å². The Morgan fingerprint density at radius 2 is 2.00 bits per heavy atom. The number of nitrogen functional groups attached to an aromatic ring is 1. The van der Waals surface area contributed by atoms with Crippen LogP contribution in [0.5, 0.6) is 5.75 Å². The van der Waals surface area contributed by atoms with Gasteiger partial charge >= 0.3 is 0 Å². The zero-order valence-electron chi connectivity index (χ0n) is 16.7. The number of rotatable bonds is 5. The molecule has 1 aromatic carbocycles. The van der Waals surface area contributed by atoms with Crippen LogP contribution in [0.4, 0.5) is 11.5 Å². The minimum Gasteiger partial charge on any atom is -0.493 e. The second-order valence-corrected chi connectivity index (χ2v) is 8.03. The Kier molecular flexibility index (Phi) is 5.42. The van der Waals surface area contributed by atoms with Crippen LogP contribution in [0.25, 0.3) is 0 Å². The highest BCUT2D eigenvalue weighted by atomic mass is 16.5. The highest BCUT2D eigenvalue weighted by Gasteiger charge is 2.21. The van der Waals surface area contributed by atoms with E-state index in [-0.39, 0.29) is 0 Å². The number of allylic oxidation sites excluding steroid dienone is 1. The normalized spacial score (nSPS) is 17.3. The molecule has 0 radical (unpaired) electrons. The van der Waals surface area contributed by atoms with Crippen LogP contribution in [0.1, 0.15) is 30.9 Å². The molecule has 148 valence electrons. The van der Waals surface area contributed by atoms with Crippen molar-refractivity contribution < 1.29 is 4.74 Å². The van der Waals surface area contributed by atoms with Crippen LogP contribution >= 0.6 is 0 Å². The van der Waals surface area contributed by atoms with Gasteiger partial charge in [0, 0.05) is 31.9 Å². The fourth-order valence-electron chi connectivity index (χ4n) is 4.08. The number of pyridine rings is 1. The molecule has 0 aliphatic carbocycles. The van der Waals surface area contributed by atoms with E-state index in [1.807, 2.05) is 12.1 Å². The van der Waals surface area contributed by atoms with Crippen LogP contribution in [-0.2, 0) is 13.0 Å². The van der Waals surface area contributed by atoms with Gasteiger partial charge in [-0.2, -0.15) is 0 Å². The second kappa shape index (κ2) is 8.13. The van der Waals surface area contributed by atoms with E-state index in [4.69, 9.17) is 10.5 Å². The Morgan fingerprint density at radius 3 is 2.71 bits per heavy atom. The molecule has 1 saturated heterocycles. The number of benzene rings is 1. The number of hydrogen-bond acceptors (Lipinski definition) is 5. The number of nitrogens with two attached hydrogens (primary N) is 1. The van der Waals surface area contributed by atoms with E-state index in [9.17, 15) is 0 Å². The van der Waals surface area contributed by atoms with Crippen molar-refractivity contribution in [1.29, 1.82) is 0 Å². The molecule has 2 aliphatic rings. The Morgan fingerprint density at radius 1 is 1.18 bits per heavy atom. The molecule has 4 rings (SSSR count). The number of aromatic nitrogens is 1.